The molecular weight excluding hydrogens is 444 g/mol. The summed E-state index contributed by atoms with van der Waals surface area (Å²) in [4.78, 5) is 37.7. The predicted molar refractivity (Wildman–Crippen MR) is 130 cm³/mol. The maximum atomic E-state index is 13.1. The van der Waals surface area contributed by atoms with Gasteiger partial charge >= 0.3 is 6.09 Å². The number of nitrogens with zero attached hydrogens (tertiary/aromatic N) is 1. The maximum Gasteiger partial charge on any atom is 0.408 e. The molecule has 3 amide bonds. The van der Waals surface area contributed by atoms with Gasteiger partial charge in [-0.25, -0.2) is 4.79 Å². The summed E-state index contributed by atoms with van der Waals surface area (Å²) in [5.41, 5.74) is 8.26. The number of amides is 3. The summed E-state index contributed by atoms with van der Waals surface area (Å²) < 4.78 is 5.27. The normalized spacial score (nSPS) is 12.0. The van der Waals surface area contributed by atoms with E-state index in [9.17, 15) is 14.4 Å². The third-order valence-electron chi connectivity index (χ3n) is 5.26. The first-order valence-corrected chi connectivity index (χ1v) is 11.0. The topological polar surface area (TPSA) is 134 Å². The second-order valence-electron chi connectivity index (χ2n) is 7.93. The summed E-state index contributed by atoms with van der Waals surface area (Å²) in [5.74, 6) is -1.31. The number of ether oxygens (including phenoxy) is 1. The zero-order valence-electron chi connectivity index (χ0n) is 19.0. The second-order valence-corrected chi connectivity index (χ2v) is 7.93. The van der Waals surface area contributed by atoms with E-state index in [2.05, 4.69) is 10.6 Å². The van der Waals surface area contributed by atoms with E-state index >= 15 is 0 Å². The molecule has 3 aromatic carbocycles. The number of hydrogen-bond donors (Lipinski definition) is 3. The lowest BCUT2D eigenvalue weighted by Gasteiger charge is -2.22. The van der Waals surface area contributed by atoms with Crippen molar-refractivity contribution >= 4 is 17.9 Å². The Morgan fingerprint density at radius 1 is 0.800 bits per heavy atom. The molecule has 8 heteroatoms. The van der Waals surface area contributed by atoms with Crippen LogP contribution in [0.25, 0.3) is 0 Å². The largest absolute Gasteiger partial charge is 0.445 e. The van der Waals surface area contributed by atoms with Gasteiger partial charge in [-0.1, -0.05) is 72.8 Å². The summed E-state index contributed by atoms with van der Waals surface area (Å²) in [6.07, 6.45) is -0.474. The third kappa shape index (κ3) is 8.02. The van der Waals surface area contributed by atoms with E-state index < -0.39 is 30.0 Å². The number of carbonyl (C=O) groups is 3. The standard InChI is InChI=1S/C27H26N4O4/c28-17-22-13-7-12-21(14-22)16-23(25(29)32)30-26(33)24(15-19-8-3-1-4-9-19)31-27(34)35-18-20-10-5-2-6-11-20/h1-14,23-24H,15-16,18H2,(H2,29,32)(H,30,33)(H,31,34)/t23-,24-/m0/s1. The number of nitriles is 1. The third-order valence-corrected chi connectivity index (χ3v) is 5.26. The highest BCUT2D eigenvalue weighted by molar-refractivity contribution is 5.91. The van der Waals surface area contributed by atoms with Crippen molar-refractivity contribution in [1.82, 2.24) is 10.6 Å². The van der Waals surface area contributed by atoms with Crippen LogP contribution in [0.1, 0.15) is 22.3 Å². The summed E-state index contributed by atoms with van der Waals surface area (Å²) in [7, 11) is 0. The fraction of sp³-hybridized carbons (Fsp3) is 0.185. The van der Waals surface area contributed by atoms with Gasteiger partial charge in [-0.15, -0.1) is 0 Å². The van der Waals surface area contributed by atoms with Crippen LogP contribution in [0.2, 0.25) is 0 Å². The molecular formula is C27H26N4O4. The number of benzene rings is 3. The van der Waals surface area contributed by atoms with Crippen molar-refractivity contribution in [3.63, 3.8) is 0 Å². The van der Waals surface area contributed by atoms with E-state index in [0.717, 1.165) is 11.1 Å². The Balaban J connectivity index is 1.70. The molecule has 8 nitrogen and oxygen atoms in total. The molecule has 178 valence electrons. The number of carbonyl (C=O) groups excluding carboxylic acids is 3. The molecule has 0 aromatic heterocycles. The van der Waals surface area contributed by atoms with Crippen LogP contribution in [0.5, 0.6) is 0 Å². The first-order chi connectivity index (χ1) is 16.9. The van der Waals surface area contributed by atoms with Gasteiger partial charge in [-0.3, -0.25) is 9.59 Å². The Morgan fingerprint density at radius 3 is 2.03 bits per heavy atom. The quantitative estimate of drug-likeness (QED) is 0.419. The van der Waals surface area contributed by atoms with Crippen LogP contribution >= 0.6 is 0 Å². The van der Waals surface area contributed by atoms with Crippen LogP contribution in [-0.4, -0.2) is 30.0 Å². The average Bonchev–Trinajstić information content (AvgIpc) is 2.88. The zero-order valence-corrected chi connectivity index (χ0v) is 19.0. The highest BCUT2D eigenvalue weighted by Crippen LogP contribution is 2.09. The summed E-state index contributed by atoms with van der Waals surface area (Å²) in [6, 6.07) is 25.0. The van der Waals surface area contributed by atoms with Gasteiger partial charge in [0.1, 0.15) is 18.7 Å². The molecule has 0 bridgehead atoms. The van der Waals surface area contributed by atoms with Crippen LogP contribution in [-0.2, 0) is 33.8 Å². The van der Waals surface area contributed by atoms with Crippen molar-refractivity contribution < 1.29 is 19.1 Å². The Morgan fingerprint density at radius 2 is 1.40 bits per heavy atom. The summed E-state index contributed by atoms with van der Waals surface area (Å²) >= 11 is 0. The highest BCUT2D eigenvalue weighted by Gasteiger charge is 2.26. The van der Waals surface area contributed by atoms with Crippen LogP contribution in [0.4, 0.5) is 4.79 Å². The van der Waals surface area contributed by atoms with Crippen LogP contribution in [0.15, 0.2) is 84.9 Å². The lowest BCUT2D eigenvalue weighted by molar-refractivity contribution is -0.128. The van der Waals surface area contributed by atoms with Gasteiger partial charge in [-0.05, 0) is 28.8 Å². The van der Waals surface area contributed by atoms with E-state index in [4.69, 9.17) is 15.7 Å². The summed E-state index contributed by atoms with van der Waals surface area (Å²) in [5, 5.41) is 14.3. The molecule has 3 rings (SSSR count). The predicted octanol–water partition coefficient (Wildman–Crippen LogP) is 2.61. The molecule has 0 aliphatic heterocycles. The molecule has 2 atom stereocenters. The van der Waals surface area contributed by atoms with Gasteiger partial charge in [0.05, 0.1) is 11.6 Å². The number of nitrogens with one attached hydrogen (secondary N) is 2. The fourth-order valence-electron chi connectivity index (χ4n) is 3.46. The van der Waals surface area contributed by atoms with Crippen molar-refractivity contribution in [3.8, 4) is 6.07 Å². The number of nitrogens with two attached hydrogens (primary N) is 1. The lowest BCUT2D eigenvalue weighted by Crippen LogP contribution is -2.54. The number of primary amides is 1. The monoisotopic (exact) mass is 470 g/mol. The minimum atomic E-state index is -1.03. The highest BCUT2D eigenvalue weighted by atomic mass is 16.5. The van der Waals surface area contributed by atoms with E-state index in [1.54, 1.807) is 24.3 Å². The molecule has 0 radical (unpaired) electrons. The van der Waals surface area contributed by atoms with Crippen molar-refractivity contribution in [2.45, 2.75) is 31.5 Å². The van der Waals surface area contributed by atoms with Crippen molar-refractivity contribution in [3.05, 3.63) is 107 Å². The molecule has 0 heterocycles. The van der Waals surface area contributed by atoms with Gasteiger partial charge in [0.25, 0.3) is 0 Å². The van der Waals surface area contributed by atoms with Crippen LogP contribution < -0.4 is 16.4 Å². The average molecular weight is 471 g/mol. The second kappa shape index (κ2) is 12.6. The SMILES string of the molecule is N#Cc1cccc(C[C@H](NC(=O)[C@H](Cc2ccccc2)NC(=O)OCc2ccccc2)C(N)=O)c1. The smallest absolute Gasteiger partial charge is 0.408 e. The molecule has 0 saturated carbocycles. The van der Waals surface area contributed by atoms with E-state index in [0.29, 0.717) is 11.1 Å². The lowest BCUT2D eigenvalue weighted by atomic mass is 10.0. The number of hydrogen-bond acceptors (Lipinski definition) is 5. The Hall–Kier alpha value is -4.64. The zero-order chi connectivity index (χ0) is 25.0. The molecule has 35 heavy (non-hydrogen) atoms. The van der Waals surface area contributed by atoms with Gasteiger partial charge in [-0.2, -0.15) is 5.26 Å². The Labute approximate surface area is 203 Å². The Bertz CT molecular complexity index is 1190. The molecule has 0 aliphatic rings. The van der Waals surface area contributed by atoms with Gasteiger partial charge in [0.15, 0.2) is 0 Å². The summed E-state index contributed by atoms with van der Waals surface area (Å²) in [6.45, 7) is 0.0471. The molecule has 0 saturated heterocycles. The molecule has 0 unspecified atom stereocenters. The van der Waals surface area contributed by atoms with Crippen molar-refractivity contribution in [1.29, 1.82) is 5.26 Å². The molecule has 3 aromatic rings. The van der Waals surface area contributed by atoms with Crippen molar-refractivity contribution in [2.24, 2.45) is 5.73 Å². The van der Waals surface area contributed by atoms with Crippen molar-refractivity contribution in [2.75, 3.05) is 0 Å². The molecule has 4 N–H and O–H groups in total. The van der Waals surface area contributed by atoms with Gasteiger partial charge in [0, 0.05) is 12.8 Å². The molecule has 0 spiro atoms. The van der Waals surface area contributed by atoms with E-state index in [1.165, 1.54) is 0 Å². The Kier molecular flexibility index (Phi) is 8.97. The fourth-order valence-corrected chi connectivity index (χ4v) is 3.46. The molecule has 0 aliphatic carbocycles. The maximum absolute atomic E-state index is 13.1. The number of rotatable bonds is 10. The minimum absolute atomic E-state index is 0.0471. The van der Waals surface area contributed by atoms with Gasteiger partial charge < -0.3 is 21.1 Å². The first kappa shape index (κ1) is 25.0. The van der Waals surface area contributed by atoms with Gasteiger partial charge in [0.2, 0.25) is 11.8 Å². The number of alkyl carbamates (subject to hydrolysis) is 1. The first-order valence-electron chi connectivity index (χ1n) is 11.0. The van der Waals surface area contributed by atoms with E-state index in [1.807, 2.05) is 66.7 Å². The molecule has 0 fully saturated rings. The minimum Gasteiger partial charge on any atom is -0.445 e. The van der Waals surface area contributed by atoms with Crippen LogP contribution in [0.3, 0.4) is 0 Å². The van der Waals surface area contributed by atoms with E-state index in [-0.39, 0.29) is 19.4 Å². The van der Waals surface area contributed by atoms with Crippen LogP contribution in [0, 0.1) is 11.3 Å².